The van der Waals surface area contributed by atoms with Gasteiger partial charge in [-0.25, -0.2) is 0 Å². The lowest BCUT2D eigenvalue weighted by Crippen LogP contribution is -2.16. The van der Waals surface area contributed by atoms with Gasteiger partial charge in [0, 0.05) is 13.0 Å². The predicted molar refractivity (Wildman–Crippen MR) is 46.4 cm³/mol. The first-order chi connectivity index (χ1) is 5.70. The van der Waals surface area contributed by atoms with Crippen LogP contribution in [-0.4, -0.2) is 19.5 Å². The van der Waals surface area contributed by atoms with Gasteiger partial charge in [0.15, 0.2) is 6.29 Å². The van der Waals surface area contributed by atoms with E-state index in [0.29, 0.717) is 19.6 Å². The molecule has 1 unspecified atom stereocenters. The molecule has 2 atom stereocenters. The van der Waals surface area contributed by atoms with Crippen LogP contribution in [0.5, 0.6) is 0 Å². The summed E-state index contributed by atoms with van der Waals surface area (Å²) < 4.78 is 10.5. The highest BCUT2D eigenvalue weighted by atomic mass is 16.7. The Bertz CT molecular complexity index is 142. The molecule has 0 aliphatic heterocycles. The summed E-state index contributed by atoms with van der Waals surface area (Å²) in [4.78, 5) is 0. The summed E-state index contributed by atoms with van der Waals surface area (Å²) in [5.74, 6) is 0.290. The lowest BCUT2D eigenvalue weighted by Gasteiger charge is -2.14. The van der Waals surface area contributed by atoms with E-state index in [0.717, 1.165) is 0 Å². The summed E-state index contributed by atoms with van der Waals surface area (Å²) in [7, 11) is 0. The quantitative estimate of drug-likeness (QED) is 0.573. The number of hydrogen-bond donors (Lipinski definition) is 0. The Morgan fingerprint density at radius 1 is 1.33 bits per heavy atom. The Morgan fingerprint density at radius 3 is 2.50 bits per heavy atom. The number of nitrogens with zero attached hydrogens (tertiary/aromatic N) is 1. The molecule has 3 nitrogen and oxygen atoms in total. The summed E-state index contributed by atoms with van der Waals surface area (Å²) in [6, 6.07) is 2.10. The second kappa shape index (κ2) is 7.08. The number of rotatable bonds is 6. The van der Waals surface area contributed by atoms with Crippen LogP contribution in [0.1, 0.15) is 27.2 Å². The third kappa shape index (κ3) is 6.14. The first-order valence-electron chi connectivity index (χ1n) is 4.30. The second-order valence-electron chi connectivity index (χ2n) is 2.82. The molecule has 0 fully saturated rings. The summed E-state index contributed by atoms with van der Waals surface area (Å²) >= 11 is 0. The minimum absolute atomic E-state index is 0.156. The Morgan fingerprint density at radius 2 is 2.00 bits per heavy atom. The Labute approximate surface area is 74.3 Å². The van der Waals surface area contributed by atoms with Gasteiger partial charge in [0.2, 0.25) is 0 Å². The molecule has 0 saturated heterocycles. The first-order valence-corrected chi connectivity index (χ1v) is 4.30. The van der Waals surface area contributed by atoms with E-state index in [-0.39, 0.29) is 12.2 Å². The van der Waals surface area contributed by atoms with Gasteiger partial charge in [0.25, 0.3) is 0 Å². The molecule has 0 aromatic heterocycles. The topological polar surface area (TPSA) is 42.2 Å². The Kier molecular flexibility index (Phi) is 6.73. The third-order valence-corrected chi connectivity index (χ3v) is 1.46. The average molecular weight is 171 g/mol. The van der Waals surface area contributed by atoms with Gasteiger partial charge in [0.05, 0.1) is 12.7 Å². The van der Waals surface area contributed by atoms with E-state index in [4.69, 9.17) is 14.7 Å². The zero-order chi connectivity index (χ0) is 9.40. The van der Waals surface area contributed by atoms with E-state index < -0.39 is 0 Å². The van der Waals surface area contributed by atoms with Crippen molar-refractivity contribution in [3.8, 4) is 6.07 Å². The van der Waals surface area contributed by atoms with Crippen LogP contribution in [0.4, 0.5) is 0 Å². The first kappa shape index (κ1) is 11.4. The number of ether oxygens (including phenoxy) is 2. The van der Waals surface area contributed by atoms with Crippen LogP contribution >= 0.6 is 0 Å². The van der Waals surface area contributed by atoms with Crippen LogP contribution in [0.25, 0.3) is 0 Å². The standard InChI is InChI=1S/C9H17NO2/c1-4-11-9(3)12-7-8(2)5-6-10/h8-9H,4-5,7H2,1-3H3/t8-,9?/m0/s1. The van der Waals surface area contributed by atoms with Crippen molar-refractivity contribution < 1.29 is 9.47 Å². The minimum atomic E-state index is -0.156. The molecule has 0 aromatic carbocycles. The number of hydrogen-bond acceptors (Lipinski definition) is 3. The van der Waals surface area contributed by atoms with Gasteiger partial charge in [-0.15, -0.1) is 0 Å². The molecule has 0 amide bonds. The average Bonchev–Trinajstić information content (AvgIpc) is 2.02. The Balaban J connectivity index is 3.34. The summed E-state index contributed by atoms with van der Waals surface area (Å²) in [6.07, 6.45) is 0.384. The fraction of sp³-hybridized carbons (Fsp3) is 0.889. The maximum absolute atomic E-state index is 8.37. The fourth-order valence-corrected chi connectivity index (χ4v) is 0.797. The van der Waals surface area contributed by atoms with Crippen LogP contribution in [0.3, 0.4) is 0 Å². The molecule has 0 rings (SSSR count). The van der Waals surface area contributed by atoms with Crippen LogP contribution in [0, 0.1) is 17.2 Å². The molecule has 0 aliphatic carbocycles. The van der Waals surface area contributed by atoms with Crippen molar-refractivity contribution in [1.29, 1.82) is 5.26 Å². The van der Waals surface area contributed by atoms with Crippen LogP contribution < -0.4 is 0 Å². The molecule has 0 aromatic rings. The summed E-state index contributed by atoms with van der Waals surface area (Å²) in [5.41, 5.74) is 0. The van der Waals surface area contributed by atoms with Crippen molar-refractivity contribution in [3.63, 3.8) is 0 Å². The van der Waals surface area contributed by atoms with E-state index in [1.54, 1.807) is 0 Å². The molecule has 0 aliphatic rings. The molecule has 70 valence electrons. The van der Waals surface area contributed by atoms with E-state index in [2.05, 4.69) is 6.07 Å². The van der Waals surface area contributed by atoms with E-state index in [1.807, 2.05) is 20.8 Å². The molecule has 0 bridgehead atoms. The molecule has 0 N–H and O–H groups in total. The second-order valence-corrected chi connectivity index (χ2v) is 2.82. The zero-order valence-electron chi connectivity index (χ0n) is 8.04. The fourth-order valence-electron chi connectivity index (χ4n) is 0.797. The van der Waals surface area contributed by atoms with Crippen molar-refractivity contribution in [2.24, 2.45) is 5.92 Å². The third-order valence-electron chi connectivity index (χ3n) is 1.46. The van der Waals surface area contributed by atoms with E-state index >= 15 is 0 Å². The van der Waals surface area contributed by atoms with Crippen LogP contribution in [-0.2, 0) is 9.47 Å². The number of nitriles is 1. The van der Waals surface area contributed by atoms with Gasteiger partial charge < -0.3 is 9.47 Å². The maximum atomic E-state index is 8.37. The molecule has 0 radical (unpaired) electrons. The molecule has 0 saturated carbocycles. The normalized spacial score (nSPS) is 15.2. The highest BCUT2D eigenvalue weighted by molar-refractivity contribution is 4.72. The van der Waals surface area contributed by atoms with Gasteiger partial charge >= 0.3 is 0 Å². The summed E-state index contributed by atoms with van der Waals surface area (Å²) in [6.45, 7) is 7.03. The van der Waals surface area contributed by atoms with Gasteiger partial charge in [-0.3, -0.25) is 0 Å². The molecule has 0 spiro atoms. The lowest BCUT2D eigenvalue weighted by atomic mass is 10.1. The van der Waals surface area contributed by atoms with Crippen molar-refractivity contribution >= 4 is 0 Å². The largest absolute Gasteiger partial charge is 0.353 e. The summed E-state index contributed by atoms with van der Waals surface area (Å²) in [5, 5.41) is 8.37. The molecule has 0 heterocycles. The van der Waals surface area contributed by atoms with Crippen molar-refractivity contribution in [1.82, 2.24) is 0 Å². The monoisotopic (exact) mass is 171 g/mol. The molecular formula is C9H17NO2. The highest BCUT2D eigenvalue weighted by Crippen LogP contribution is 2.03. The van der Waals surface area contributed by atoms with Crippen molar-refractivity contribution in [3.05, 3.63) is 0 Å². The van der Waals surface area contributed by atoms with Crippen molar-refractivity contribution in [2.45, 2.75) is 33.5 Å². The van der Waals surface area contributed by atoms with Crippen LogP contribution in [0.15, 0.2) is 0 Å². The molecule has 12 heavy (non-hydrogen) atoms. The highest BCUT2D eigenvalue weighted by Gasteiger charge is 2.05. The Hall–Kier alpha value is -0.590. The van der Waals surface area contributed by atoms with Gasteiger partial charge in [-0.2, -0.15) is 5.26 Å². The van der Waals surface area contributed by atoms with E-state index in [9.17, 15) is 0 Å². The molecule has 3 heteroatoms. The zero-order valence-corrected chi connectivity index (χ0v) is 8.04. The van der Waals surface area contributed by atoms with Crippen LogP contribution in [0.2, 0.25) is 0 Å². The van der Waals surface area contributed by atoms with Gasteiger partial charge in [-0.1, -0.05) is 6.92 Å². The lowest BCUT2D eigenvalue weighted by molar-refractivity contribution is -0.133. The van der Waals surface area contributed by atoms with E-state index in [1.165, 1.54) is 0 Å². The van der Waals surface area contributed by atoms with Crippen molar-refractivity contribution in [2.75, 3.05) is 13.2 Å². The SMILES string of the molecule is CCOC(C)OC[C@@H](C)CC#N. The maximum Gasteiger partial charge on any atom is 0.154 e. The van der Waals surface area contributed by atoms with Gasteiger partial charge in [0.1, 0.15) is 0 Å². The van der Waals surface area contributed by atoms with Gasteiger partial charge in [-0.05, 0) is 19.8 Å². The minimum Gasteiger partial charge on any atom is -0.353 e. The predicted octanol–water partition coefficient (Wildman–Crippen LogP) is 1.94. The molecular weight excluding hydrogens is 154 g/mol. The smallest absolute Gasteiger partial charge is 0.154 e.